The van der Waals surface area contributed by atoms with E-state index >= 15 is 0 Å². The van der Waals surface area contributed by atoms with E-state index < -0.39 is 23.6 Å². The third kappa shape index (κ3) is 5.15. The summed E-state index contributed by atoms with van der Waals surface area (Å²) in [6, 6.07) is 15.6. The molecule has 0 aliphatic heterocycles. The Bertz CT molecular complexity index is 1040. The first-order valence-electron chi connectivity index (χ1n) is 8.47. The van der Waals surface area contributed by atoms with E-state index in [0.717, 1.165) is 12.1 Å². The summed E-state index contributed by atoms with van der Waals surface area (Å²) in [6.07, 6.45) is 0.753. The van der Waals surface area contributed by atoms with Crippen molar-refractivity contribution in [3.63, 3.8) is 0 Å². The molecule has 0 fully saturated rings. The van der Waals surface area contributed by atoms with Gasteiger partial charge in [-0.2, -0.15) is 0 Å². The largest absolute Gasteiger partial charge is 0.481 e. The van der Waals surface area contributed by atoms with Crippen LogP contribution in [0.25, 0.3) is 0 Å². The number of carbonyl (C=O) groups is 1. The monoisotopic (exact) mass is 378 g/mol. The lowest BCUT2D eigenvalue weighted by molar-refractivity contribution is -0.122. The second-order valence-corrected chi connectivity index (χ2v) is 5.87. The number of nitrogens with zero attached hydrogens (tertiary/aromatic N) is 1. The number of halogens is 2. The van der Waals surface area contributed by atoms with E-state index in [-0.39, 0.29) is 5.75 Å². The highest BCUT2D eigenvalue weighted by atomic mass is 19.2. The number of carbonyl (C=O) groups excluding carboxylic acids is 1. The summed E-state index contributed by atoms with van der Waals surface area (Å²) in [4.78, 5) is 16.4. The molecular formula is C22H16F2N2O2. The minimum atomic E-state index is -1.04. The highest BCUT2D eigenvalue weighted by Gasteiger charge is 2.16. The fourth-order valence-electron chi connectivity index (χ4n) is 2.30. The van der Waals surface area contributed by atoms with Gasteiger partial charge in [0.2, 0.25) is 0 Å². The van der Waals surface area contributed by atoms with Gasteiger partial charge in [0.05, 0.1) is 0 Å². The second-order valence-electron chi connectivity index (χ2n) is 5.87. The topological polar surface area (TPSA) is 51.2 Å². The summed E-state index contributed by atoms with van der Waals surface area (Å²) in [5, 5.41) is 2.71. The van der Waals surface area contributed by atoms with Gasteiger partial charge in [0.15, 0.2) is 17.7 Å². The van der Waals surface area contributed by atoms with Crippen LogP contribution in [-0.2, 0) is 4.79 Å². The molecule has 0 bridgehead atoms. The summed E-state index contributed by atoms with van der Waals surface area (Å²) in [5.74, 6) is 3.54. The van der Waals surface area contributed by atoms with Crippen LogP contribution in [0.4, 0.5) is 14.5 Å². The van der Waals surface area contributed by atoms with Crippen LogP contribution in [0.1, 0.15) is 18.2 Å². The molecule has 1 amide bonds. The molecule has 0 saturated carbocycles. The molecule has 6 heteroatoms. The van der Waals surface area contributed by atoms with Crippen molar-refractivity contribution in [2.45, 2.75) is 13.0 Å². The molecule has 0 aliphatic carbocycles. The van der Waals surface area contributed by atoms with Crippen molar-refractivity contribution in [1.82, 2.24) is 4.98 Å². The van der Waals surface area contributed by atoms with Crippen molar-refractivity contribution in [3.05, 3.63) is 89.8 Å². The first kappa shape index (κ1) is 19.1. The van der Waals surface area contributed by atoms with Gasteiger partial charge < -0.3 is 10.1 Å². The molecule has 1 aromatic heterocycles. The fourth-order valence-corrected chi connectivity index (χ4v) is 2.30. The van der Waals surface area contributed by atoms with Crippen molar-refractivity contribution in [2.24, 2.45) is 0 Å². The number of benzene rings is 2. The molecule has 1 heterocycles. The Morgan fingerprint density at radius 1 is 1.04 bits per heavy atom. The van der Waals surface area contributed by atoms with Gasteiger partial charge in [-0.3, -0.25) is 4.79 Å². The Labute approximate surface area is 161 Å². The van der Waals surface area contributed by atoms with Gasteiger partial charge in [-0.1, -0.05) is 18.1 Å². The van der Waals surface area contributed by atoms with Crippen LogP contribution in [0, 0.1) is 23.5 Å². The zero-order valence-electron chi connectivity index (χ0n) is 14.9. The normalized spacial score (nSPS) is 11.1. The maximum Gasteiger partial charge on any atom is 0.265 e. The summed E-state index contributed by atoms with van der Waals surface area (Å²) < 4.78 is 31.6. The Morgan fingerprint density at radius 2 is 1.89 bits per heavy atom. The van der Waals surface area contributed by atoms with Crippen LogP contribution in [0.5, 0.6) is 5.75 Å². The van der Waals surface area contributed by atoms with Gasteiger partial charge in [-0.15, -0.1) is 0 Å². The number of ether oxygens (including phenoxy) is 1. The molecule has 1 unspecified atom stereocenters. The number of hydrogen-bond donors (Lipinski definition) is 1. The summed E-state index contributed by atoms with van der Waals surface area (Å²) in [5.41, 5.74) is 1.89. The van der Waals surface area contributed by atoms with Crippen LogP contribution in [0.3, 0.4) is 0 Å². The van der Waals surface area contributed by atoms with E-state index in [0.29, 0.717) is 16.9 Å². The quantitative estimate of drug-likeness (QED) is 0.694. The van der Waals surface area contributed by atoms with Gasteiger partial charge in [0.1, 0.15) is 11.4 Å². The number of amides is 1. The molecule has 1 N–H and O–H groups in total. The van der Waals surface area contributed by atoms with E-state index in [1.165, 1.54) is 13.0 Å². The lowest BCUT2D eigenvalue weighted by Gasteiger charge is -2.15. The molecule has 0 saturated heterocycles. The number of nitrogens with one attached hydrogen (secondary N) is 1. The number of aromatic nitrogens is 1. The number of pyridine rings is 1. The molecule has 140 valence electrons. The first-order chi connectivity index (χ1) is 13.5. The van der Waals surface area contributed by atoms with Gasteiger partial charge in [0.25, 0.3) is 5.91 Å². The van der Waals surface area contributed by atoms with E-state index in [2.05, 4.69) is 22.1 Å². The van der Waals surface area contributed by atoms with Crippen LogP contribution >= 0.6 is 0 Å². The number of rotatable bonds is 4. The lowest BCUT2D eigenvalue weighted by atomic mass is 10.2. The van der Waals surface area contributed by atoms with Crippen LogP contribution in [-0.4, -0.2) is 17.0 Å². The standard InChI is InChI=1S/C22H16F2N2O2/c1-15(28-19-10-11-20(23)21(24)14-19)22(27)26-18-7-4-5-16(13-18)8-9-17-6-2-3-12-25-17/h2-7,10-15H,1H3,(H,26,27). The SMILES string of the molecule is CC(Oc1ccc(F)c(F)c1)C(=O)Nc1cccc(C#Cc2ccccn2)c1. The Kier molecular flexibility index (Phi) is 5.97. The number of hydrogen-bond acceptors (Lipinski definition) is 3. The molecule has 3 rings (SSSR count). The van der Waals surface area contributed by atoms with Crippen LogP contribution < -0.4 is 10.1 Å². The molecule has 0 radical (unpaired) electrons. The Morgan fingerprint density at radius 3 is 2.64 bits per heavy atom. The van der Waals surface area contributed by atoms with Crippen molar-refractivity contribution in [2.75, 3.05) is 5.32 Å². The van der Waals surface area contributed by atoms with Gasteiger partial charge >= 0.3 is 0 Å². The third-order valence-electron chi connectivity index (χ3n) is 3.70. The zero-order valence-corrected chi connectivity index (χ0v) is 14.9. The summed E-state index contributed by atoms with van der Waals surface area (Å²) >= 11 is 0. The Hall–Kier alpha value is -3.72. The molecule has 3 aromatic rings. The smallest absolute Gasteiger partial charge is 0.265 e. The predicted molar refractivity (Wildman–Crippen MR) is 102 cm³/mol. The third-order valence-corrected chi connectivity index (χ3v) is 3.70. The maximum atomic E-state index is 13.2. The van der Waals surface area contributed by atoms with Crippen molar-refractivity contribution in [3.8, 4) is 17.6 Å². The minimum absolute atomic E-state index is 0.0662. The first-order valence-corrected chi connectivity index (χ1v) is 8.47. The molecule has 0 aliphatic rings. The average Bonchev–Trinajstić information content (AvgIpc) is 2.70. The van der Waals surface area contributed by atoms with Crippen LogP contribution in [0.15, 0.2) is 66.9 Å². The van der Waals surface area contributed by atoms with Crippen LogP contribution in [0.2, 0.25) is 0 Å². The minimum Gasteiger partial charge on any atom is -0.481 e. The average molecular weight is 378 g/mol. The highest BCUT2D eigenvalue weighted by molar-refractivity contribution is 5.94. The Balaban J connectivity index is 1.65. The van der Waals surface area contributed by atoms with Crippen molar-refractivity contribution < 1.29 is 18.3 Å². The van der Waals surface area contributed by atoms with Crippen molar-refractivity contribution >= 4 is 11.6 Å². The molecule has 4 nitrogen and oxygen atoms in total. The van der Waals surface area contributed by atoms with Gasteiger partial charge in [0, 0.05) is 23.5 Å². The van der Waals surface area contributed by atoms with E-state index in [1.807, 2.05) is 18.2 Å². The summed E-state index contributed by atoms with van der Waals surface area (Å²) in [7, 11) is 0. The van der Waals surface area contributed by atoms with E-state index in [1.54, 1.807) is 30.5 Å². The maximum absolute atomic E-state index is 13.2. The van der Waals surface area contributed by atoms with Gasteiger partial charge in [-0.25, -0.2) is 13.8 Å². The molecule has 2 aromatic carbocycles. The molecule has 1 atom stereocenters. The molecule has 0 spiro atoms. The fraction of sp³-hybridized carbons (Fsp3) is 0.0909. The number of anilines is 1. The summed E-state index contributed by atoms with van der Waals surface area (Å²) in [6.45, 7) is 1.52. The van der Waals surface area contributed by atoms with Gasteiger partial charge in [-0.05, 0) is 55.3 Å². The van der Waals surface area contributed by atoms with E-state index in [4.69, 9.17) is 4.74 Å². The second kappa shape index (κ2) is 8.78. The highest BCUT2D eigenvalue weighted by Crippen LogP contribution is 2.17. The predicted octanol–water partition coefficient (Wildman–Crippen LogP) is 4.17. The molecule has 28 heavy (non-hydrogen) atoms. The zero-order chi connectivity index (χ0) is 19.9. The van der Waals surface area contributed by atoms with Crippen molar-refractivity contribution in [1.29, 1.82) is 0 Å². The van der Waals surface area contributed by atoms with E-state index in [9.17, 15) is 13.6 Å². The lowest BCUT2D eigenvalue weighted by Crippen LogP contribution is -2.30. The molecular weight excluding hydrogens is 362 g/mol.